The number of aromatic nitrogens is 3. The molecule has 6 rings (SSSR count). The van der Waals surface area contributed by atoms with Crippen LogP contribution in [0.1, 0.15) is 16.8 Å². The Morgan fingerprint density at radius 3 is 2.62 bits per heavy atom. The number of hydrogen-bond donors (Lipinski definition) is 3. The number of H-pyrrole nitrogens is 1. The predicted octanol–water partition coefficient (Wildman–Crippen LogP) is 3.13. The van der Waals surface area contributed by atoms with Gasteiger partial charge in [-0.15, -0.1) is 0 Å². The molecule has 1 amide bonds. The number of benzene rings is 1. The third-order valence-corrected chi connectivity index (χ3v) is 7.16. The van der Waals surface area contributed by atoms with E-state index in [0.29, 0.717) is 35.5 Å². The van der Waals surface area contributed by atoms with Gasteiger partial charge < -0.3 is 30.2 Å². The molecule has 0 unspecified atom stereocenters. The van der Waals surface area contributed by atoms with E-state index in [1.54, 1.807) is 23.2 Å². The summed E-state index contributed by atoms with van der Waals surface area (Å²) < 4.78 is 20.9. The van der Waals surface area contributed by atoms with Crippen LogP contribution in [0.15, 0.2) is 53.6 Å². The van der Waals surface area contributed by atoms with Crippen LogP contribution in [0.5, 0.6) is 5.75 Å². The van der Waals surface area contributed by atoms with Crippen molar-refractivity contribution < 1.29 is 13.9 Å². The van der Waals surface area contributed by atoms with Crippen LogP contribution in [0, 0.1) is 5.82 Å². The Morgan fingerprint density at radius 1 is 1.10 bits per heavy atom. The molecule has 0 atom stereocenters. The molecule has 3 aromatic heterocycles. The van der Waals surface area contributed by atoms with Gasteiger partial charge in [0.15, 0.2) is 0 Å². The summed E-state index contributed by atoms with van der Waals surface area (Å²) in [5, 5.41) is 6.88. The Bertz CT molecular complexity index is 1600. The van der Waals surface area contributed by atoms with Crippen LogP contribution in [0.25, 0.3) is 22.2 Å². The number of carbonyl (C=O) groups is 1. The molecular weight excluding hydrogens is 501 g/mol. The van der Waals surface area contributed by atoms with Crippen molar-refractivity contribution in [2.24, 2.45) is 0 Å². The first kappa shape index (κ1) is 24.8. The van der Waals surface area contributed by atoms with Crippen LogP contribution in [0.4, 0.5) is 21.6 Å². The van der Waals surface area contributed by atoms with E-state index in [9.17, 15) is 9.59 Å². The van der Waals surface area contributed by atoms with Gasteiger partial charge in [-0.3, -0.25) is 9.59 Å². The number of methoxy groups -OCH3 is 1. The van der Waals surface area contributed by atoms with E-state index in [2.05, 4.69) is 30.5 Å². The molecule has 1 aromatic carbocycles. The number of pyridine rings is 3. The molecule has 2 aliphatic heterocycles. The normalized spacial score (nSPS) is 15.2. The Balaban J connectivity index is 1.38. The number of ether oxygens (including phenoxy) is 1. The number of carbonyl (C=O) groups excluding carboxylic acids is 1. The van der Waals surface area contributed by atoms with Gasteiger partial charge in [0, 0.05) is 51.0 Å². The molecule has 5 heterocycles. The number of amides is 1. The number of rotatable bonds is 6. The van der Waals surface area contributed by atoms with Crippen molar-refractivity contribution in [1.82, 2.24) is 25.2 Å². The SMILES string of the molecule is COc1cc(-c2cc(Nc3ccc(N4CCNCC4)cn3)c3c(=O)[nH]ccc3n2)c(F)cc1C(=O)N1CCC1. The molecule has 11 heteroatoms. The summed E-state index contributed by atoms with van der Waals surface area (Å²) in [7, 11) is 1.44. The maximum atomic E-state index is 15.5. The van der Waals surface area contributed by atoms with E-state index >= 15 is 4.39 Å². The minimum absolute atomic E-state index is 0.152. The van der Waals surface area contributed by atoms with Crippen molar-refractivity contribution in [3.05, 3.63) is 70.5 Å². The molecule has 0 radical (unpaired) electrons. The molecule has 3 N–H and O–H groups in total. The highest BCUT2D eigenvalue weighted by Gasteiger charge is 2.26. The first-order valence-corrected chi connectivity index (χ1v) is 12.9. The molecule has 2 fully saturated rings. The van der Waals surface area contributed by atoms with Gasteiger partial charge >= 0.3 is 0 Å². The smallest absolute Gasteiger partial charge is 0.259 e. The third-order valence-electron chi connectivity index (χ3n) is 7.16. The first-order valence-electron chi connectivity index (χ1n) is 12.9. The molecule has 0 aliphatic carbocycles. The zero-order valence-electron chi connectivity index (χ0n) is 21.5. The molecule has 0 spiro atoms. The van der Waals surface area contributed by atoms with Crippen molar-refractivity contribution in [3.8, 4) is 17.0 Å². The summed E-state index contributed by atoms with van der Waals surface area (Å²) in [6.45, 7) is 4.93. The second-order valence-corrected chi connectivity index (χ2v) is 9.56. The van der Waals surface area contributed by atoms with Gasteiger partial charge in [-0.05, 0) is 42.8 Å². The highest BCUT2D eigenvalue weighted by Crippen LogP contribution is 2.34. The number of aromatic amines is 1. The Kier molecular flexibility index (Phi) is 6.57. The largest absolute Gasteiger partial charge is 0.496 e. The maximum absolute atomic E-state index is 15.5. The van der Waals surface area contributed by atoms with Crippen LogP contribution in [0.3, 0.4) is 0 Å². The fourth-order valence-electron chi connectivity index (χ4n) is 4.91. The lowest BCUT2D eigenvalue weighted by molar-refractivity contribution is 0.0648. The van der Waals surface area contributed by atoms with E-state index in [1.165, 1.54) is 25.4 Å². The lowest BCUT2D eigenvalue weighted by Crippen LogP contribution is -2.43. The number of nitrogens with one attached hydrogen (secondary N) is 3. The number of fused-ring (bicyclic) bond motifs is 1. The summed E-state index contributed by atoms with van der Waals surface area (Å²) in [5.74, 6) is -0.0834. The zero-order valence-corrected chi connectivity index (χ0v) is 21.5. The fourth-order valence-corrected chi connectivity index (χ4v) is 4.91. The van der Waals surface area contributed by atoms with Crippen LogP contribution in [-0.4, -0.2) is 72.1 Å². The highest BCUT2D eigenvalue weighted by molar-refractivity contribution is 5.99. The van der Waals surface area contributed by atoms with E-state index in [4.69, 9.17) is 4.74 Å². The Hall–Kier alpha value is -4.51. The summed E-state index contributed by atoms with van der Waals surface area (Å²) >= 11 is 0. The monoisotopic (exact) mass is 529 g/mol. The van der Waals surface area contributed by atoms with Gasteiger partial charge in [0.2, 0.25) is 0 Å². The summed E-state index contributed by atoms with van der Waals surface area (Å²) in [5.41, 5.74) is 2.10. The molecule has 4 aromatic rings. The Labute approximate surface area is 223 Å². The van der Waals surface area contributed by atoms with E-state index in [-0.39, 0.29) is 34.0 Å². The van der Waals surface area contributed by atoms with E-state index < -0.39 is 5.82 Å². The van der Waals surface area contributed by atoms with Crippen LogP contribution in [-0.2, 0) is 0 Å². The van der Waals surface area contributed by atoms with Gasteiger partial charge in [-0.1, -0.05) is 0 Å². The molecule has 10 nitrogen and oxygen atoms in total. The van der Waals surface area contributed by atoms with Gasteiger partial charge in [-0.2, -0.15) is 0 Å². The number of hydrogen-bond acceptors (Lipinski definition) is 8. The van der Waals surface area contributed by atoms with Gasteiger partial charge in [0.1, 0.15) is 17.4 Å². The first-order chi connectivity index (χ1) is 19.0. The molecule has 2 saturated heterocycles. The van der Waals surface area contributed by atoms with Crippen molar-refractivity contribution in [2.45, 2.75) is 6.42 Å². The van der Waals surface area contributed by atoms with Crippen LogP contribution >= 0.6 is 0 Å². The van der Waals surface area contributed by atoms with Crippen molar-refractivity contribution in [2.75, 3.05) is 56.6 Å². The number of nitrogens with zero attached hydrogens (tertiary/aromatic N) is 4. The minimum Gasteiger partial charge on any atom is -0.496 e. The van der Waals surface area contributed by atoms with Crippen LogP contribution in [0.2, 0.25) is 0 Å². The molecule has 200 valence electrons. The molecular formula is C28H28FN7O3. The maximum Gasteiger partial charge on any atom is 0.259 e. The highest BCUT2D eigenvalue weighted by atomic mass is 19.1. The quantitative estimate of drug-likeness (QED) is 0.349. The van der Waals surface area contributed by atoms with Gasteiger partial charge in [-0.25, -0.2) is 14.4 Å². The fraction of sp³-hybridized carbons (Fsp3) is 0.286. The number of piperazine rings is 1. The molecule has 39 heavy (non-hydrogen) atoms. The second-order valence-electron chi connectivity index (χ2n) is 9.56. The standard InChI is InChI=1S/C28H28FN7O3/c1-39-24-14-18(20(29)13-19(24)28(38)36-9-2-10-36)22-15-23(26-21(33-22)5-6-31-27(26)37)34-25-4-3-17(16-32-25)35-11-7-30-8-12-35/h3-6,13-16,30H,2,7-12H2,1H3,(H,31,37)(H,32,33,34). The Morgan fingerprint density at radius 2 is 1.92 bits per heavy atom. The van der Waals surface area contributed by atoms with Crippen molar-refractivity contribution in [1.29, 1.82) is 0 Å². The van der Waals surface area contributed by atoms with E-state index in [0.717, 1.165) is 38.3 Å². The summed E-state index contributed by atoms with van der Waals surface area (Å²) in [6.07, 6.45) is 4.22. The van der Waals surface area contributed by atoms with Crippen LogP contribution < -0.4 is 25.8 Å². The summed E-state index contributed by atoms with van der Waals surface area (Å²) in [4.78, 5) is 41.3. The topological polar surface area (TPSA) is 115 Å². The molecule has 2 aliphatic rings. The number of anilines is 3. The minimum atomic E-state index is -0.610. The van der Waals surface area contributed by atoms with Crippen molar-refractivity contribution in [3.63, 3.8) is 0 Å². The van der Waals surface area contributed by atoms with Gasteiger partial charge in [0.25, 0.3) is 11.5 Å². The van der Waals surface area contributed by atoms with Gasteiger partial charge in [0.05, 0.1) is 46.8 Å². The molecule has 0 saturated carbocycles. The zero-order chi connectivity index (χ0) is 26.9. The van der Waals surface area contributed by atoms with E-state index in [1.807, 2.05) is 12.1 Å². The van der Waals surface area contributed by atoms with Crippen molar-refractivity contribution >= 4 is 34.0 Å². The average Bonchev–Trinajstić information content (AvgIpc) is 2.92. The third kappa shape index (κ3) is 4.76. The lowest BCUT2D eigenvalue weighted by atomic mass is 10.0. The predicted molar refractivity (Wildman–Crippen MR) is 147 cm³/mol. The second kappa shape index (κ2) is 10.3. The molecule has 0 bridgehead atoms. The summed E-state index contributed by atoms with van der Waals surface area (Å²) in [6, 6.07) is 9.77. The lowest BCUT2D eigenvalue weighted by Gasteiger charge is -2.31. The average molecular weight is 530 g/mol. The number of halogens is 1. The number of likely N-dealkylation sites (tertiary alicyclic amines) is 1.